The lowest BCUT2D eigenvalue weighted by molar-refractivity contribution is 0.0936. The van der Waals surface area contributed by atoms with Crippen molar-refractivity contribution in [2.24, 2.45) is 18.9 Å². The molecule has 1 aliphatic heterocycles. The summed E-state index contributed by atoms with van der Waals surface area (Å²) in [4.78, 5) is 24.3. The van der Waals surface area contributed by atoms with Crippen LogP contribution in [0.25, 0.3) is 0 Å². The van der Waals surface area contributed by atoms with Crippen LogP contribution in [0, 0.1) is 18.8 Å². The number of amides is 1. The fourth-order valence-electron chi connectivity index (χ4n) is 5.10. The Balaban J connectivity index is 1.12. The largest absolute Gasteiger partial charge is 0.356 e. The third-order valence-electron chi connectivity index (χ3n) is 7.13. The van der Waals surface area contributed by atoms with Crippen molar-refractivity contribution >= 4 is 11.7 Å². The van der Waals surface area contributed by atoms with Gasteiger partial charge in [0, 0.05) is 38.2 Å². The standard InChI is InChI=1S/C23H27N7O/c1-14-5-21(29-9-15-6-16(15)10-29)24-7-17(14)11-30-12-18(8-26-30)23(31)27-19-3-4-20-22(19)25-13-28(20)2/h5,7-8,12-13,15-16,19H,3-4,6,9-11H2,1-2H3,(H,27,31)/t15?,16?,19-/m1/s1. The molecule has 0 aromatic carbocycles. The molecule has 4 heterocycles. The van der Waals surface area contributed by atoms with E-state index in [1.807, 2.05) is 35.0 Å². The molecule has 1 N–H and O–H groups in total. The van der Waals surface area contributed by atoms with Crippen molar-refractivity contribution in [2.75, 3.05) is 18.0 Å². The number of carbonyl (C=O) groups excluding carboxylic acids is 1. The van der Waals surface area contributed by atoms with Crippen LogP contribution in [-0.4, -0.2) is 43.3 Å². The van der Waals surface area contributed by atoms with Gasteiger partial charge in [-0.1, -0.05) is 0 Å². The summed E-state index contributed by atoms with van der Waals surface area (Å²) in [7, 11) is 2.00. The number of nitrogens with zero attached hydrogens (tertiary/aromatic N) is 6. The van der Waals surface area contributed by atoms with Gasteiger partial charge in [-0.3, -0.25) is 9.48 Å². The van der Waals surface area contributed by atoms with E-state index in [2.05, 4.69) is 33.3 Å². The predicted molar refractivity (Wildman–Crippen MR) is 116 cm³/mol. The Morgan fingerprint density at radius 3 is 2.87 bits per heavy atom. The van der Waals surface area contributed by atoms with Crippen molar-refractivity contribution in [1.29, 1.82) is 0 Å². The smallest absolute Gasteiger partial charge is 0.255 e. The van der Waals surface area contributed by atoms with Crippen LogP contribution in [0.2, 0.25) is 0 Å². The van der Waals surface area contributed by atoms with Gasteiger partial charge in [-0.05, 0) is 55.2 Å². The molecule has 0 bridgehead atoms. The molecule has 3 atom stereocenters. The fourth-order valence-corrected chi connectivity index (χ4v) is 5.10. The van der Waals surface area contributed by atoms with Crippen molar-refractivity contribution in [3.63, 3.8) is 0 Å². The Morgan fingerprint density at radius 2 is 2.06 bits per heavy atom. The molecule has 2 fully saturated rings. The fraction of sp³-hybridized carbons (Fsp3) is 0.478. The maximum absolute atomic E-state index is 12.8. The maximum atomic E-state index is 12.8. The number of hydrogen-bond donors (Lipinski definition) is 1. The minimum atomic E-state index is -0.104. The number of hydrogen-bond acceptors (Lipinski definition) is 5. The van der Waals surface area contributed by atoms with Gasteiger partial charge in [0.15, 0.2) is 0 Å². The molecule has 0 radical (unpaired) electrons. The molecule has 2 unspecified atom stereocenters. The van der Waals surface area contributed by atoms with E-state index >= 15 is 0 Å². The number of fused-ring (bicyclic) bond motifs is 2. The topological polar surface area (TPSA) is 80.9 Å². The average molecular weight is 418 g/mol. The van der Waals surface area contributed by atoms with Crippen LogP contribution >= 0.6 is 0 Å². The predicted octanol–water partition coefficient (Wildman–Crippen LogP) is 2.24. The second-order valence-corrected chi connectivity index (χ2v) is 9.31. The lowest BCUT2D eigenvalue weighted by Crippen LogP contribution is -2.27. The normalized spacial score (nSPS) is 23.7. The quantitative estimate of drug-likeness (QED) is 0.689. The van der Waals surface area contributed by atoms with Gasteiger partial charge in [-0.25, -0.2) is 9.97 Å². The van der Waals surface area contributed by atoms with Gasteiger partial charge in [0.1, 0.15) is 5.82 Å². The molecule has 8 nitrogen and oxygen atoms in total. The monoisotopic (exact) mass is 417 g/mol. The molecule has 3 aromatic heterocycles. The van der Waals surface area contributed by atoms with Gasteiger partial charge in [0.2, 0.25) is 0 Å². The van der Waals surface area contributed by atoms with Gasteiger partial charge in [-0.2, -0.15) is 5.10 Å². The number of piperidine rings is 1. The van der Waals surface area contributed by atoms with Crippen LogP contribution in [-0.2, 0) is 20.0 Å². The first-order valence-corrected chi connectivity index (χ1v) is 11.1. The molecule has 0 spiro atoms. The van der Waals surface area contributed by atoms with Gasteiger partial charge < -0.3 is 14.8 Å². The zero-order valence-corrected chi connectivity index (χ0v) is 18.0. The van der Waals surface area contributed by atoms with Crippen LogP contribution < -0.4 is 10.2 Å². The Labute approximate surface area is 181 Å². The summed E-state index contributed by atoms with van der Waals surface area (Å²) in [6.07, 6.45) is 10.4. The van der Waals surface area contributed by atoms with E-state index in [0.29, 0.717) is 12.1 Å². The number of carbonyl (C=O) groups is 1. The van der Waals surface area contributed by atoms with Crippen molar-refractivity contribution < 1.29 is 4.79 Å². The number of anilines is 1. The minimum Gasteiger partial charge on any atom is -0.356 e. The van der Waals surface area contributed by atoms with Crippen LogP contribution in [0.3, 0.4) is 0 Å². The van der Waals surface area contributed by atoms with Crippen molar-refractivity contribution in [3.8, 4) is 0 Å². The van der Waals surface area contributed by atoms with Gasteiger partial charge in [0.25, 0.3) is 5.91 Å². The summed E-state index contributed by atoms with van der Waals surface area (Å²) >= 11 is 0. The van der Waals surface area contributed by atoms with E-state index in [0.717, 1.165) is 54.8 Å². The highest BCUT2D eigenvalue weighted by atomic mass is 16.1. The molecule has 1 saturated carbocycles. The molecule has 2 aliphatic carbocycles. The minimum absolute atomic E-state index is 0.0253. The Hall–Kier alpha value is -3.16. The van der Waals surface area contributed by atoms with E-state index < -0.39 is 0 Å². The molecule has 160 valence electrons. The van der Waals surface area contributed by atoms with Crippen LogP contribution in [0.4, 0.5) is 5.82 Å². The van der Waals surface area contributed by atoms with E-state index in [4.69, 9.17) is 4.98 Å². The molecule has 8 heteroatoms. The second-order valence-electron chi connectivity index (χ2n) is 9.31. The number of pyridine rings is 1. The molecular weight excluding hydrogens is 390 g/mol. The highest BCUT2D eigenvalue weighted by Gasteiger charge is 2.45. The number of imidazole rings is 1. The Morgan fingerprint density at radius 1 is 1.23 bits per heavy atom. The summed E-state index contributed by atoms with van der Waals surface area (Å²) in [5.41, 5.74) is 5.10. The van der Waals surface area contributed by atoms with Crippen LogP contribution in [0.1, 0.15) is 51.8 Å². The summed E-state index contributed by atoms with van der Waals surface area (Å²) in [5, 5.41) is 7.52. The molecule has 31 heavy (non-hydrogen) atoms. The van der Waals surface area contributed by atoms with Crippen LogP contribution in [0.5, 0.6) is 0 Å². The Kier molecular flexibility index (Phi) is 4.16. The maximum Gasteiger partial charge on any atom is 0.255 e. The lowest BCUT2D eigenvalue weighted by Gasteiger charge is -2.20. The third kappa shape index (κ3) is 3.30. The summed E-state index contributed by atoms with van der Waals surface area (Å²) in [5.74, 6) is 2.76. The zero-order chi connectivity index (χ0) is 21.1. The first kappa shape index (κ1) is 18.6. The average Bonchev–Trinajstić information content (AvgIpc) is 3.22. The van der Waals surface area contributed by atoms with Crippen molar-refractivity contribution in [1.82, 2.24) is 29.6 Å². The van der Waals surface area contributed by atoms with Crippen LogP contribution in [0.15, 0.2) is 31.0 Å². The summed E-state index contributed by atoms with van der Waals surface area (Å²) in [6, 6.07) is 2.16. The lowest BCUT2D eigenvalue weighted by atomic mass is 10.1. The Bertz CT molecular complexity index is 1150. The zero-order valence-electron chi connectivity index (χ0n) is 18.0. The van der Waals surface area contributed by atoms with E-state index in [1.54, 1.807) is 6.20 Å². The number of nitrogens with one attached hydrogen (secondary N) is 1. The van der Waals surface area contributed by atoms with Gasteiger partial charge in [0.05, 0.1) is 36.4 Å². The van der Waals surface area contributed by atoms with Crippen molar-refractivity contribution in [2.45, 2.75) is 38.8 Å². The summed E-state index contributed by atoms with van der Waals surface area (Å²) < 4.78 is 3.85. The third-order valence-corrected chi connectivity index (χ3v) is 7.13. The van der Waals surface area contributed by atoms with E-state index in [-0.39, 0.29) is 11.9 Å². The number of aryl methyl sites for hydroxylation is 2. The molecular formula is C23H27N7O. The van der Waals surface area contributed by atoms with E-state index in [9.17, 15) is 4.79 Å². The number of aromatic nitrogens is 5. The second kappa shape index (κ2) is 6.93. The van der Waals surface area contributed by atoms with Gasteiger partial charge in [-0.15, -0.1) is 0 Å². The van der Waals surface area contributed by atoms with E-state index in [1.165, 1.54) is 17.7 Å². The molecule has 3 aromatic rings. The van der Waals surface area contributed by atoms with Crippen molar-refractivity contribution in [3.05, 3.63) is 59.1 Å². The first-order chi connectivity index (χ1) is 15.0. The highest BCUT2D eigenvalue weighted by molar-refractivity contribution is 5.94. The summed E-state index contributed by atoms with van der Waals surface area (Å²) in [6.45, 7) is 5.02. The SMILES string of the molecule is Cc1cc(N2CC3CC3C2)ncc1Cn1cc(C(=O)N[C@@H]2CCc3c2ncn3C)cn1. The number of rotatable bonds is 5. The molecule has 1 amide bonds. The molecule has 6 rings (SSSR count). The first-order valence-electron chi connectivity index (χ1n) is 11.1. The molecule has 1 saturated heterocycles. The van der Waals surface area contributed by atoms with Gasteiger partial charge >= 0.3 is 0 Å². The highest BCUT2D eigenvalue weighted by Crippen LogP contribution is 2.46. The molecule has 3 aliphatic rings.